The molecule has 9 heavy (non-hydrogen) atoms. The molecular formula is C5H11NO3. The summed E-state index contributed by atoms with van der Waals surface area (Å²) in [7, 11) is 0. The summed E-state index contributed by atoms with van der Waals surface area (Å²) >= 11 is 0. The van der Waals surface area contributed by atoms with E-state index in [0.29, 0.717) is 6.42 Å². The fourth-order valence-electron chi connectivity index (χ4n) is 0.459. The van der Waals surface area contributed by atoms with Crippen molar-refractivity contribution in [3.05, 3.63) is 10.1 Å². The van der Waals surface area contributed by atoms with Crippen LogP contribution in [0.15, 0.2) is 0 Å². The maximum absolute atomic E-state index is 9.71. The predicted octanol–water partition coefficient (Wildman–Crippen LogP) is 0.424. The van der Waals surface area contributed by atoms with Crippen LogP contribution >= 0.6 is 0 Å². The lowest BCUT2D eigenvalue weighted by molar-refractivity contribution is -0.482. The summed E-state index contributed by atoms with van der Waals surface area (Å²) in [5.74, 6) is 0. The Morgan fingerprint density at radius 1 is 1.78 bits per heavy atom. The Hall–Kier alpha value is -0.640. The highest BCUT2D eigenvalue weighted by Crippen LogP contribution is 1.95. The summed E-state index contributed by atoms with van der Waals surface area (Å²) in [6.07, 6.45) is 0.354. The summed E-state index contributed by atoms with van der Waals surface area (Å²) in [6.45, 7) is 1.67. The largest absolute Gasteiger partial charge is 0.393 e. The minimum atomic E-state index is -0.504. The second-order valence-electron chi connectivity index (χ2n) is 1.91. The van der Waals surface area contributed by atoms with Gasteiger partial charge in [0, 0.05) is 11.3 Å². The molecule has 0 aliphatic carbocycles. The van der Waals surface area contributed by atoms with Gasteiger partial charge in [-0.3, -0.25) is 10.1 Å². The zero-order valence-corrected chi connectivity index (χ0v) is 5.41. The van der Waals surface area contributed by atoms with E-state index in [9.17, 15) is 10.1 Å². The average Bonchev–Trinajstić information content (AvgIpc) is 1.83. The Morgan fingerprint density at radius 3 is 2.67 bits per heavy atom. The lowest BCUT2D eigenvalue weighted by Crippen LogP contribution is -2.11. The molecule has 54 valence electrons. The Balaban J connectivity index is 3.16. The molecule has 4 heteroatoms. The van der Waals surface area contributed by atoms with Gasteiger partial charge in [-0.2, -0.15) is 0 Å². The van der Waals surface area contributed by atoms with Crippen molar-refractivity contribution in [1.29, 1.82) is 0 Å². The van der Waals surface area contributed by atoms with Crippen LogP contribution in [0.25, 0.3) is 0 Å². The molecule has 0 aliphatic heterocycles. The quantitative estimate of drug-likeness (QED) is 0.446. The molecule has 0 bridgehead atoms. The Kier molecular flexibility index (Phi) is 3.96. The highest BCUT2D eigenvalue weighted by Gasteiger charge is 2.04. The molecule has 1 unspecified atom stereocenters. The van der Waals surface area contributed by atoms with Crippen LogP contribution in [0.3, 0.4) is 0 Å². The van der Waals surface area contributed by atoms with Crippen LogP contribution < -0.4 is 0 Å². The number of rotatable bonds is 4. The normalized spacial score (nSPS) is 13.1. The standard InChI is InChI=1S/C5H11NO3/c1-2-5(7)3-4-6(8)9/h5,7H,2-4H2,1H3. The maximum Gasteiger partial charge on any atom is 0.206 e. The molecule has 1 N–H and O–H groups in total. The van der Waals surface area contributed by atoms with Crippen LogP contribution in [-0.4, -0.2) is 22.7 Å². The molecule has 0 rings (SSSR count). The summed E-state index contributed by atoms with van der Waals surface area (Å²) < 4.78 is 0. The third kappa shape index (κ3) is 5.23. The van der Waals surface area contributed by atoms with Crippen molar-refractivity contribution >= 4 is 0 Å². The molecule has 0 heterocycles. The first-order chi connectivity index (χ1) is 4.16. The SMILES string of the molecule is CCC(O)CC[N+](=O)[O-]. The number of aliphatic hydroxyl groups is 1. The molecule has 0 aromatic carbocycles. The van der Waals surface area contributed by atoms with Crippen molar-refractivity contribution in [2.75, 3.05) is 6.54 Å². The lowest BCUT2D eigenvalue weighted by atomic mass is 10.2. The second-order valence-corrected chi connectivity index (χ2v) is 1.91. The van der Waals surface area contributed by atoms with Gasteiger partial charge in [-0.05, 0) is 6.42 Å². The van der Waals surface area contributed by atoms with Crippen molar-refractivity contribution < 1.29 is 10.0 Å². The highest BCUT2D eigenvalue weighted by atomic mass is 16.6. The topological polar surface area (TPSA) is 63.4 Å². The van der Waals surface area contributed by atoms with Crippen molar-refractivity contribution in [3.8, 4) is 0 Å². The van der Waals surface area contributed by atoms with E-state index in [0.717, 1.165) is 0 Å². The third-order valence-electron chi connectivity index (χ3n) is 1.12. The number of hydrogen-bond donors (Lipinski definition) is 1. The van der Waals surface area contributed by atoms with E-state index >= 15 is 0 Å². The van der Waals surface area contributed by atoms with Gasteiger partial charge in [-0.1, -0.05) is 6.92 Å². The van der Waals surface area contributed by atoms with Crippen molar-refractivity contribution in [3.63, 3.8) is 0 Å². The van der Waals surface area contributed by atoms with Crippen LogP contribution in [0.2, 0.25) is 0 Å². The van der Waals surface area contributed by atoms with Gasteiger partial charge in [-0.15, -0.1) is 0 Å². The summed E-state index contributed by atoms with van der Waals surface area (Å²) in [5.41, 5.74) is 0. The fraction of sp³-hybridized carbons (Fsp3) is 1.00. The zero-order chi connectivity index (χ0) is 7.28. The van der Waals surface area contributed by atoms with E-state index in [1.165, 1.54) is 0 Å². The molecular weight excluding hydrogens is 122 g/mol. The monoisotopic (exact) mass is 133 g/mol. The summed E-state index contributed by atoms with van der Waals surface area (Å²) in [4.78, 5) is 9.30. The van der Waals surface area contributed by atoms with E-state index in [4.69, 9.17) is 5.11 Å². The summed E-state index contributed by atoms with van der Waals surface area (Å²) in [5, 5.41) is 18.5. The van der Waals surface area contributed by atoms with Crippen LogP contribution in [0, 0.1) is 10.1 Å². The second kappa shape index (κ2) is 4.26. The molecule has 0 saturated heterocycles. The number of aliphatic hydroxyl groups excluding tert-OH is 1. The predicted molar refractivity (Wildman–Crippen MR) is 32.8 cm³/mol. The van der Waals surface area contributed by atoms with Crippen LogP contribution in [0.5, 0.6) is 0 Å². The number of hydrogen-bond acceptors (Lipinski definition) is 3. The van der Waals surface area contributed by atoms with Crippen molar-refractivity contribution in [2.45, 2.75) is 25.9 Å². The number of nitro groups is 1. The van der Waals surface area contributed by atoms with Crippen LogP contribution in [-0.2, 0) is 0 Å². The fourth-order valence-corrected chi connectivity index (χ4v) is 0.459. The Bertz CT molecular complexity index is 94.2. The van der Waals surface area contributed by atoms with Crippen LogP contribution in [0.1, 0.15) is 19.8 Å². The molecule has 0 spiro atoms. The van der Waals surface area contributed by atoms with E-state index in [-0.39, 0.29) is 13.0 Å². The minimum absolute atomic E-state index is 0.130. The van der Waals surface area contributed by atoms with E-state index < -0.39 is 11.0 Å². The minimum Gasteiger partial charge on any atom is -0.393 e. The molecule has 0 aromatic rings. The van der Waals surface area contributed by atoms with Gasteiger partial charge >= 0.3 is 0 Å². The van der Waals surface area contributed by atoms with Gasteiger partial charge in [0.1, 0.15) is 0 Å². The molecule has 0 aromatic heterocycles. The van der Waals surface area contributed by atoms with E-state index in [1.807, 2.05) is 0 Å². The molecule has 0 fully saturated rings. The molecule has 1 atom stereocenters. The molecule has 0 saturated carbocycles. The molecule has 0 radical (unpaired) electrons. The Labute approximate surface area is 53.6 Å². The molecule has 0 aliphatic rings. The van der Waals surface area contributed by atoms with Gasteiger partial charge in [0.25, 0.3) is 0 Å². The van der Waals surface area contributed by atoms with Gasteiger partial charge in [0.15, 0.2) is 0 Å². The Morgan fingerprint density at radius 2 is 2.33 bits per heavy atom. The van der Waals surface area contributed by atoms with Gasteiger partial charge in [0.2, 0.25) is 6.54 Å². The average molecular weight is 133 g/mol. The first kappa shape index (κ1) is 8.36. The first-order valence-electron chi connectivity index (χ1n) is 2.96. The third-order valence-corrected chi connectivity index (χ3v) is 1.12. The first-order valence-corrected chi connectivity index (χ1v) is 2.96. The smallest absolute Gasteiger partial charge is 0.206 e. The van der Waals surface area contributed by atoms with Crippen molar-refractivity contribution in [2.24, 2.45) is 0 Å². The van der Waals surface area contributed by atoms with Crippen LogP contribution in [0.4, 0.5) is 0 Å². The molecule has 4 nitrogen and oxygen atoms in total. The highest BCUT2D eigenvalue weighted by molar-refractivity contribution is 4.48. The zero-order valence-electron chi connectivity index (χ0n) is 5.41. The number of nitrogens with zero attached hydrogens (tertiary/aromatic N) is 1. The van der Waals surface area contributed by atoms with E-state index in [2.05, 4.69) is 0 Å². The maximum atomic E-state index is 9.71. The van der Waals surface area contributed by atoms with Gasteiger partial charge in [-0.25, -0.2) is 0 Å². The van der Waals surface area contributed by atoms with Crippen molar-refractivity contribution in [1.82, 2.24) is 0 Å². The molecule has 0 amide bonds. The van der Waals surface area contributed by atoms with Gasteiger partial charge < -0.3 is 5.11 Å². The lowest BCUT2D eigenvalue weighted by Gasteiger charge is -2.01. The summed E-state index contributed by atoms with van der Waals surface area (Å²) in [6, 6.07) is 0. The van der Waals surface area contributed by atoms with Gasteiger partial charge in [0.05, 0.1) is 6.10 Å². The van der Waals surface area contributed by atoms with E-state index in [1.54, 1.807) is 6.92 Å².